The van der Waals surface area contributed by atoms with Crippen LogP contribution >= 0.6 is 11.8 Å². The maximum absolute atomic E-state index is 13.4. The molecule has 0 radical (unpaired) electrons. The molecule has 7 nitrogen and oxygen atoms in total. The van der Waals surface area contributed by atoms with Crippen molar-refractivity contribution in [3.63, 3.8) is 0 Å². The van der Waals surface area contributed by atoms with E-state index in [-0.39, 0.29) is 42.2 Å². The van der Waals surface area contributed by atoms with Gasteiger partial charge < -0.3 is 15.5 Å². The van der Waals surface area contributed by atoms with Crippen LogP contribution in [0.3, 0.4) is 0 Å². The molecule has 3 atom stereocenters. The van der Waals surface area contributed by atoms with Gasteiger partial charge >= 0.3 is 0 Å². The molecule has 0 spiro atoms. The molecule has 3 aromatic carbocycles. The predicted molar refractivity (Wildman–Crippen MR) is 161 cm³/mol. The summed E-state index contributed by atoms with van der Waals surface area (Å²) in [7, 11) is -3.13. The maximum Gasteiger partial charge on any atom is 0.251 e. The Kier molecular flexibility index (Phi) is 9.42. The van der Waals surface area contributed by atoms with Crippen molar-refractivity contribution in [1.29, 1.82) is 0 Å². The molecule has 216 valence electrons. The number of rotatable bonds is 11. The second kappa shape index (κ2) is 13.2. The van der Waals surface area contributed by atoms with Crippen molar-refractivity contribution in [2.45, 2.75) is 24.4 Å². The van der Waals surface area contributed by atoms with Gasteiger partial charge in [-0.2, -0.15) is 11.8 Å². The van der Waals surface area contributed by atoms with Crippen LogP contribution in [0.1, 0.15) is 28.3 Å². The van der Waals surface area contributed by atoms with E-state index >= 15 is 0 Å². The first-order valence-electron chi connectivity index (χ1n) is 13.8. The second-order valence-corrected chi connectivity index (χ2v) is 13.9. The van der Waals surface area contributed by atoms with E-state index < -0.39 is 15.9 Å². The summed E-state index contributed by atoms with van der Waals surface area (Å²) in [5, 5.41) is 6.42. The first-order valence-corrected chi connectivity index (χ1v) is 16.8. The number of nitrogens with zero attached hydrogens (tertiary/aromatic N) is 1. The molecule has 1 saturated carbocycles. The van der Waals surface area contributed by atoms with Crippen LogP contribution in [0.4, 0.5) is 4.39 Å². The molecule has 1 saturated heterocycles. The fourth-order valence-corrected chi connectivity index (χ4v) is 7.12. The van der Waals surface area contributed by atoms with Gasteiger partial charge in [0, 0.05) is 48.7 Å². The molecule has 0 aromatic heterocycles. The highest BCUT2D eigenvalue weighted by atomic mass is 32.2. The van der Waals surface area contributed by atoms with Gasteiger partial charge in [-0.05, 0) is 47.4 Å². The lowest BCUT2D eigenvalue weighted by Crippen LogP contribution is -2.53. The van der Waals surface area contributed by atoms with E-state index in [1.807, 2.05) is 54.6 Å². The Bertz CT molecular complexity index is 1440. The number of hydrogen-bond acceptors (Lipinski definition) is 6. The van der Waals surface area contributed by atoms with Crippen LogP contribution < -0.4 is 10.6 Å². The molecule has 0 bridgehead atoms. The van der Waals surface area contributed by atoms with E-state index in [4.69, 9.17) is 0 Å². The van der Waals surface area contributed by atoms with Gasteiger partial charge in [0.25, 0.3) is 5.91 Å². The van der Waals surface area contributed by atoms with Gasteiger partial charge in [0.05, 0.1) is 11.5 Å². The first kappa shape index (κ1) is 29.3. The Morgan fingerprint density at radius 2 is 1.59 bits per heavy atom. The van der Waals surface area contributed by atoms with Crippen molar-refractivity contribution >= 4 is 33.4 Å². The van der Waals surface area contributed by atoms with Crippen LogP contribution in [0, 0.1) is 5.82 Å². The summed E-state index contributed by atoms with van der Waals surface area (Å²) in [5.41, 5.74) is 3.62. The summed E-state index contributed by atoms with van der Waals surface area (Å²) >= 11 is 1.57. The Hall–Kier alpha value is -3.21. The van der Waals surface area contributed by atoms with Crippen LogP contribution in [-0.2, 0) is 14.6 Å². The highest BCUT2D eigenvalue weighted by Gasteiger charge is 2.37. The fraction of sp³-hybridized carbons (Fsp3) is 0.355. The molecule has 2 fully saturated rings. The topological polar surface area (TPSA) is 95.6 Å². The van der Waals surface area contributed by atoms with Gasteiger partial charge in [-0.15, -0.1) is 0 Å². The maximum atomic E-state index is 13.4. The Morgan fingerprint density at radius 3 is 2.27 bits per heavy atom. The zero-order chi connectivity index (χ0) is 28.8. The minimum Gasteiger partial charge on any atom is -0.339 e. The van der Waals surface area contributed by atoms with E-state index in [1.54, 1.807) is 28.8 Å². The molecule has 41 heavy (non-hydrogen) atoms. The van der Waals surface area contributed by atoms with Crippen LogP contribution in [0.2, 0.25) is 0 Å². The average Bonchev–Trinajstić information content (AvgIpc) is 3.76. The molecule has 2 aliphatic rings. The summed E-state index contributed by atoms with van der Waals surface area (Å²) in [6.07, 6.45) is 1.01. The average molecular weight is 596 g/mol. The zero-order valence-corrected chi connectivity index (χ0v) is 24.3. The van der Waals surface area contributed by atoms with Gasteiger partial charge in [-0.3, -0.25) is 9.59 Å². The molecule has 5 rings (SSSR count). The Balaban J connectivity index is 1.15. The number of hydrogen-bond donors (Lipinski definition) is 2. The highest BCUT2D eigenvalue weighted by Crippen LogP contribution is 2.40. The van der Waals surface area contributed by atoms with E-state index in [0.717, 1.165) is 35.4 Å². The predicted octanol–water partition coefficient (Wildman–Crippen LogP) is 3.73. The number of amides is 2. The van der Waals surface area contributed by atoms with Crippen LogP contribution in [0.15, 0.2) is 78.9 Å². The number of halogens is 1. The van der Waals surface area contributed by atoms with E-state index in [1.165, 1.54) is 12.1 Å². The molecular weight excluding hydrogens is 561 g/mol. The van der Waals surface area contributed by atoms with Gasteiger partial charge in [0.1, 0.15) is 11.9 Å². The van der Waals surface area contributed by atoms with Crippen molar-refractivity contribution < 1.29 is 22.4 Å². The number of carbonyl (C=O) groups excluding carboxylic acids is 2. The molecule has 1 aliphatic carbocycles. The number of thioether (sulfide) groups is 1. The molecule has 3 aromatic rings. The van der Waals surface area contributed by atoms with Crippen LogP contribution in [0.25, 0.3) is 11.1 Å². The third kappa shape index (κ3) is 7.96. The monoisotopic (exact) mass is 595 g/mol. The standard InChI is InChI=1S/C31H34FN3O4S2/c32-26-12-10-24(11-13-26)27-20-28(27)33-14-17-40-21-29(31(37)35-15-18-41(38,39)19-16-35)34-30(36)25-8-6-23(7-9-25)22-4-2-1-3-5-22/h1-13,27-29,33H,14-21H2,(H,34,36)/t27-,28+,29-/m0/s1. The largest absolute Gasteiger partial charge is 0.339 e. The zero-order valence-electron chi connectivity index (χ0n) is 22.7. The minimum absolute atomic E-state index is 0.0615. The van der Waals surface area contributed by atoms with Crippen molar-refractivity contribution in [1.82, 2.24) is 15.5 Å². The quantitative estimate of drug-likeness (QED) is 0.328. The van der Waals surface area contributed by atoms with Crippen LogP contribution in [-0.4, -0.2) is 79.9 Å². The fourth-order valence-electron chi connectivity index (χ4n) is 5.03. The molecular formula is C31H34FN3O4S2. The number of nitrogens with one attached hydrogen (secondary N) is 2. The van der Waals surface area contributed by atoms with Gasteiger partial charge in [0.2, 0.25) is 5.91 Å². The lowest BCUT2D eigenvalue weighted by Gasteiger charge is -2.30. The SMILES string of the molecule is O=C(N[C@@H](CSCCN[C@@H]1C[C@H]1c1ccc(F)cc1)C(=O)N1CCS(=O)(=O)CC1)c1ccc(-c2ccccc2)cc1. The molecule has 2 amide bonds. The van der Waals surface area contributed by atoms with Gasteiger partial charge in [0.15, 0.2) is 9.84 Å². The van der Waals surface area contributed by atoms with Gasteiger partial charge in [-0.25, -0.2) is 12.8 Å². The summed E-state index contributed by atoms with van der Waals surface area (Å²) in [4.78, 5) is 28.1. The summed E-state index contributed by atoms with van der Waals surface area (Å²) < 4.78 is 36.9. The van der Waals surface area contributed by atoms with Crippen molar-refractivity contribution in [3.8, 4) is 11.1 Å². The Morgan fingerprint density at radius 1 is 0.927 bits per heavy atom. The van der Waals surface area contributed by atoms with Crippen molar-refractivity contribution in [2.75, 3.05) is 42.6 Å². The van der Waals surface area contributed by atoms with Crippen molar-refractivity contribution in [2.24, 2.45) is 0 Å². The molecule has 0 unspecified atom stereocenters. The smallest absolute Gasteiger partial charge is 0.251 e. The normalized spacial score (nSPS) is 20.3. The summed E-state index contributed by atoms with van der Waals surface area (Å²) in [5.74, 6) is 0.553. The first-order chi connectivity index (χ1) is 19.8. The number of sulfone groups is 1. The lowest BCUT2D eigenvalue weighted by atomic mass is 10.0. The third-order valence-electron chi connectivity index (χ3n) is 7.54. The second-order valence-electron chi connectivity index (χ2n) is 10.5. The van der Waals surface area contributed by atoms with Crippen LogP contribution in [0.5, 0.6) is 0 Å². The highest BCUT2D eigenvalue weighted by molar-refractivity contribution is 7.99. The lowest BCUT2D eigenvalue weighted by molar-refractivity contribution is -0.132. The number of benzene rings is 3. The number of carbonyl (C=O) groups is 2. The summed E-state index contributed by atoms with van der Waals surface area (Å²) in [6, 6.07) is 23.3. The molecule has 2 N–H and O–H groups in total. The Labute approximate surface area is 244 Å². The summed E-state index contributed by atoms with van der Waals surface area (Å²) in [6.45, 7) is 1.01. The van der Waals surface area contributed by atoms with Gasteiger partial charge in [-0.1, -0.05) is 54.6 Å². The minimum atomic E-state index is -3.13. The molecule has 1 heterocycles. The van der Waals surface area contributed by atoms with E-state index in [2.05, 4.69) is 10.6 Å². The third-order valence-corrected chi connectivity index (χ3v) is 10.2. The van der Waals surface area contributed by atoms with E-state index in [0.29, 0.717) is 23.3 Å². The van der Waals surface area contributed by atoms with E-state index in [9.17, 15) is 22.4 Å². The molecule has 1 aliphatic heterocycles. The van der Waals surface area contributed by atoms with Crippen molar-refractivity contribution in [3.05, 3.63) is 95.8 Å². The molecule has 10 heteroatoms.